The minimum absolute atomic E-state index is 0.207. The van der Waals surface area contributed by atoms with Crippen molar-refractivity contribution in [2.75, 3.05) is 11.9 Å². The molecule has 1 aliphatic rings. The molecule has 0 spiro atoms. The van der Waals surface area contributed by atoms with Crippen LogP contribution in [0.3, 0.4) is 0 Å². The van der Waals surface area contributed by atoms with E-state index in [2.05, 4.69) is 30.2 Å². The van der Waals surface area contributed by atoms with Crippen molar-refractivity contribution in [3.05, 3.63) is 43.0 Å². The van der Waals surface area contributed by atoms with Crippen molar-refractivity contribution in [1.29, 1.82) is 0 Å². The number of hydrogen-bond acceptors (Lipinski definition) is 5. The van der Waals surface area contributed by atoms with Crippen LogP contribution in [0.2, 0.25) is 0 Å². The summed E-state index contributed by atoms with van der Waals surface area (Å²) in [5, 5.41) is 7.20. The van der Waals surface area contributed by atoms with Crippen LogP contribution in [-0.4, -0.2) is 32.0 Å². The number of aryl methyl sites for hydroxylation is 1. The predicted molar refractivity (Wildman–Crippen MR) is 100 cm³/mol. The third-order valence-electron chi connectivity index (χ3n) is 4.77. The molecule has 7 heteroatoms. The van der Waals surface area contributed by atoms with Gasteiger partial charge in [0.05, 0.1) is 11.9 Å². The second-order valence-electron chi connectivity index (χ2n) is 6.62. The standard InChI is InChI=1S/C19H22N6O/c26-18(14-4-1-5-14)21-9-3-10-25-11-7-15-12-22-19(24-17(15)25)23-16-6-2-8-20-13-16/h2,6-8,11-14H,1,3-5,9-10H2,(H,21,26)(H,22,23,24). The minimum atomic E-state index is 0.207. The summed E-state index contributed by atoms with van der Waals surface area (Å²) < 4.78 is 2.10. The molecule has 1 fully saturated rings. The Kier molecular flexibility index (Phi) is 4.77. The van der Waals surface area contributed by atoms with E-state index in [1.54, 1.807) is 12.4 Å². The second kappa shape index (κ2) is 7.51. The first kappa shape index (κ1) is 16.5. The highest BCUT2D eigenvalue weighted by molar-refractivity contribution is 5.79. The van der Waals surface area contributed by atoms with Gasteiger partial charge in [-0.15, -0.1) is 0 Å². The first-order valence-corrected chi connectivity index (χ1v) is 9.06. The van der Waals surface area contributed by atoms with Crippen LogP contribution in [0.15, 0.2) is 43.0 Å². The molecular weight excluding hydrogens is 328 g/mol. The number of amides is 1. The van der Waals surface area contributed by atoms with Gasteiger partial charge >= 0.3 is 0 Å². The zero-order valence-electron chi connectivity index (χ0n) is 14.6. The Morgan fingerprint density at radius 2 is 2.19 bits per heavy atom. The van der Waals surface area contributed by atoms with Gasteiger partial charge < -0.3 is 15.2 Å². The number of carbonyl (C=O) groups excluding carboxylic acids is 1. The van der Waals surface area contributed by atoms with Gasteiger partial charge in [0.1, 0.15) is 5.65 Å². The third kappa shape index (κ3) is 3.66. The van der Waals surface area contributed by atoms with Crippen LogP contribution in [-0.2, 0) is 11.3 Å². The van der Waals surface area contributed by atoms with Gasteiger partial charge in [-0.2, -0.15) is 4.98 Å². The summed E-state index contributed by atoms with van der Waals surface area (Å²) in [4.78, 5) is 24.9. The average Bonchev–Trinajstić information content (AvgIpc) is 3.00. The monoisotopic (exact) mass is 350 g/mol. The zero-order chi connectivity index (χ0) is 17.8. The smallest absolute Gasteiger partial charge is 0.229 e. The Labute approximate surface area is 151 Å². The first-order chi connectivity index (χ1) is 12.8. The predicted octanol–water partition coefficient (Wildman–Crippen LogP) is 2.88. The molecule has 0 bridgehead atoms. The van der Waals surface area contributed by atoms with E-state index in [-0.39, 0.29) is 11.8 Å². The molecule has 0 atom stereocenters. The quantitative estimate of drug-likeness (QED) is 0.640. The summed E-state index contributed by atoms with van der Waals surface area (Å²) in [6, 6.07) is 5.79. The molecule has 3 aromatic rings. The number of rotatable bonds is 7. The van der Waals surface area contributed by atoms with E-state index < -0.39 is 0 Å². The number of anilines is 2. The maximum atomic E-state index is 11.9. The van der Waals surface area contributed by atoms with E-state index in [1.165, 1.54) is 6.42 Å². The molecule has 26 heavy (non-hydrogen) atoms. The molecule has 0 aromatic carbocycles. The van der Waals surface area contributed by atoms with Crippen molar-refractivity contribution < 1.29 is 4.79 Å². The lowest BCUT2D eigenvalue weighted by atomic mass is 9.85. The topological polar surface area (TPSA) is 84.7 Å². The van der Waals surface area contributed by atoms with E-state index in [0.717, 1.165) is 42.5 Å². The van der Waals surface area contributed by atoms with Crippen molar-refractivity contribution in [3.8, 4) is 0 Å². The Hall–Kier alpha value is -2.96. The van der Waals surface area contributed by atoms with E-state index in [4.69, 9.17) is 0 Å². The highest BCUT2D eigenvalue weighted by Gasteiger charge is 2.24. The zero-order valence-corrected chi connectivity index (χ0v) is 14.6. The van der Waals surface area contributed by atoms with Gasteiger partial charge in [-0.3, -0.25) is 9.78 Å². The molecular formula is C19H22N6O. The Morgan fingerprint density at radius 1 is 1.27 bits per heavy atom. The maximum absolute atomic E-state index is 11.9. The van der Waals surface area contributed by atoms with E-state index in [0.29, 0.717) is 12.5 Å². The molecule has 7 nitrogen and oxygen atoms in total. The lowest BCUT2D eigenvalue weighted by Gasteiger charge is -2.24. The highest BCUT2D eigenvalue weighted by Crippen LogP contribution is 2.26. The molecule has 1 saturated carbocycles. The first-order valence-electron chi connectivity index (χ1n) is 9.06. The van der Waals surface area contributed by atoms with E-state index in [9.17, 15) is 4.79 Å². The van der Waals surface area contributed by atoms with Crippen LogP contribution in [0.4, 0.5) is 11.6 Å². The SMILES string of the molecule is O=C(NCCCn1ccc2cnc(Nc3cccnc3)nc21)C1CCC1. The van der Waals surface area contributed by atoms with E-state index >= 15 is 0 Å². The fourth-order valence-corrected chi connectivity index (χ4v) is 3.05. The van der Waals surface area contributed by atoms with E-state index in [1.807, 2.05) is 30.6 Å². The normalized spacial score (nSPS) is 14.2. The van der Waals surface area contributed by atoms with Gasteiger partial charge in [-0.05, 0) is 37.5 Å². The van der Waals surface area contributed by atoms with Crippen LogP contribution < -0.4 is 10.6 Å². The largest absolute Gasteiger partial charge is 0.356 e. The van der Waals surface area contributed by atoms with Crippen molar-refractivity contribution in [3.63, 3.8) is 0 Å². The summed E-state index contributed by atoms with van der Waals surface area (Å²) in [5.41, 5.74) is 1.74. The minimum Gasteiger partial charge on any atom is -0.356 e. The van der Waals surface area contributed by atoms with Gasteiger partial charge in [-0.1, -0.05) is 6.42 Å². The Bertz CT molecular complexity index is 887. The number of hydrogen-bond donors (Lipinski definition) is 2. The lowest BCUT2D eigenvalue weighted by molar-refractivity contribution is -0.127. The molecule has 0 aliphatic heterocycles. The van der Waals surface area contributed by atoms with Gasteiger partial charge in [0.25, 0.3) is 0 Å². The van der Waals surface area contributed by atoms with Gasteiger partial charge in [0.2, 0.25) is 11.9 Å². The number of nitrogens with one attached hydrogen (secondary N) is 2. The van der Waals surface area contributed by atoms with Crippen molar-refractivity contribution in [2.24, 2.45) is 5.92 Å². The summed E-state index contributed by atoms with van der Waals surface area (Å²) in [6.07, 6.45) is 11.4. The average molecular weight is 350 g/mol. The molecule has 0 saturated heterocycles. The summed E-state index contributed by atoms with van der Waals surface area (Å²) >= 11 is 0. The number of carbonyl (C=O) groups is 1. The summed E-state index contributed by atoms with van der Waals surface area (Å²) in [5.74, 6) is 0.999. The third-order valence-corrected chi connectivity index (χ3v) is 4.77. The molecule has 3 heterocycles. The molecule has 3 aromatic heterocycles. The Balaban J connectivity index is 1.37. The molecule has 134 valence electrons. The number of aromatic nitrogens is 4. The second-order valence-corrected chi connectivity index (χ2v) is 6.62. The van der Waals surface area contributed by atoms with Gasteiger partial charge in [0.15, 0.2) is 0 Å². The molecule has 0 radical (unpaired) electrons. The molecule has 0 unspecified atom stereocenters. The molecule has 1 amide bonds. The molecule has 2 N–H and O–H groups in total. The fourth-order valence-electron chi connectivity index (χ4n) is 3.05. The van der Waals surface area contributed by atoms with Crippen LogP contribution in [0.25, 0.3) is 11.0 Å². The number of pyridine rings is 1. The van der Waals surface area contributed by atoms with Crippen molar-refractivity contribution >= 4 is 28.6 Å². The maximum Gasteiger partial charge on any atom is 0.229 e. The van der Waals surface area contributed by atoms with Crippen LogP contribution >= 0.6 is 0 Å². The van der Waals surface area contributed by atoms with Crippen LogP contribution in [0.1, 0.15) is 25.7 Å². The lowest BCUT2D eigenvalue weighted by Crippen LogP contribution is -2.35. The van der Waals surface area contributed by atoms with Crippen molar-refractivity contribution in [2.45, 2.75) is 32.2 Å². The molecule has 1 aliphatic carbocycles. The molecule has 4 rings (SSSR count). The number of fused-ring (bicyclic) bond motifs is 1. The van der Waals surface area contributed by atoms with Gasteiger partial charge in [-0.25, -0.2) is 4.98 Å². The number of nitrogens with zero attached hydrogens (tertiary/aromatic N) is 4. The highest BCUT2D eigenvalue weighted by atomic mass is 16.1. The summed E-state index contributed by atoms with van der Waals surface area (Å²) in [6.45, 7) is 1.50. The summed E-state index contributed by atoms with van der Waals surface area (Å²) in [7, 11) is 0. The van der Waals surface area contributed by atoms with Crippen molar-refractivity contribution in [1.82, 2.24) is 24.8 Å². The van der Waals surface area contributed by atoms with Crippen LogP contribution in [0, 0.1) is 5.92 Å². The fraction of sp³-hybridized carbons (Fsp3) is 0.368. The van der Waals surface area contributed by atoms with Crippen LogP contribution in [0.5, 0.6) is 0 Å². The van der Waals surface area contributed by atoms with Gasteiger partial charge in [0, 0.05) is 43.0 Å². The Morgan fingerprint density at radius 3 is 2.96 bits per heavy atom.